The van der Waals surface area contributed by atoms with Crippen LogP contribution in [0.5, 0.6) is 0 Å². The highest BCUT2D eigenvalue weighted by molar-refractivity contribution is 6.11. The normalized spacial score (nSPS) is 12.8. The summed E-state index contributed by atoms with van der Waals surface area (Å²) in [6.45, 7) is 22.0. The Kier molecular flexibility index (Phi) is 34.7. The molecule has 9 aromatic carbocycles. The van der Waals surface area contributed by atoms with Crippen molar-refractivity contribution < 1.29 is 77.7 Å². The number of carbonyl (C=O) groups is 6. The predicted molar refractivity (Wildman–Crippen MR) is 492 cm³/mol. The second-order valence-corrected chi connectivity index (χ2v) is 34.1. The van der Waals surface area contributed by atoms with Crippen molar-refractivity contribution in [1.82, 2.24) is 13.7 Å². The van der Waals surface area contributed by atoms with E-state index in [4.69, 9.17) is 5.11 Å². The third-order valence-corrected chi connectivity index (χ3v) is 22.6. The first-order chi connectivity index (χ1) is 60.2. The molecule has 0 unspecified atom stereocenters. The van der Waals surface area contributed by atoms with Crippen LogP contribution in [-0.4, -0.2) is 121 Å². The first-order valence-corrected chi connectivity index (χ1v) is 43.4. The fraction of sp³-hybridized carbons (Fsp3) is 0.327. The first-order valence-electron chi connectivity index (χ1n) is 43.4. The molecule has 126 heavy (non-hydrogen) atoms. The highest BCUT2D eigenvalue weighted by Crippen LogP contribution is 2.48. The minimum atomic E-state index is -1.17. The highest BCUT2D eigenvalue weighted by Gasteiger charge is 2.36. The second-order valence-electron chi connectivity index (χ2n) is 34.1. The summed E-state index contributed by atoms with van der Waals surface area (Å²) in [4.78, 5) is 76.7. The fourth-order valence-electron chi connectivity index (χ4n) is 17.0. The molecule has 0 aliphatic carbocycles. The molecule has 0 spiro atoms. The van der Waals surface area contributed by atoms with E-state index in [1.807, 2.05) is 237 Å². The lowest BCUT2D eigenvalue weighted by Crippen LogP contribution is -2.22. The number of halogens is 3. The Labute approximate surface area is 737 Å². The van der Waals surface area contributed by atoms with Crippen LogP contribution in [0.4, 0.5) is 13.2 Å². The molecule has 12 aromatic rings. The molecular weight excluding hydrogens is 1590 g/mol. The summed E-state index contributed by atoms with van der Waals surface area (Å²) in [5, 5.41) is 72.1. The Balaban J connectivity index is 0.000000197. The standard InChI is InChI=1S/2C36H40FNO4.C35H38FNO5/c1-23(2)35-34(32(42)21-26-11-7-5-8-12-26)33(27-13-9-6-10-14-27)36(31-16-15-28(37)19-24(31)3)38(35)18-17-29(40)22-30(41)20-25(4)39;1-23(2)35-34(32(42)21-26-12-10-24(3)11-13-26)33(27-8-6-5-7-9-27)36(28-14-16-29(37)17-15-28)38(35)19-18-30(40)22-31(41)20-25(4)39;1-22(2)34-33(30(40)19-24-7-5-4-6-8-24)32(25-11-9-23(3)10-12-25)35(26-13-15-27(36)16-14-26)37(34)18-17-28(38)20-29(39)21-31(41)42/h5-16,19,23,29-30,40-41H,17-18,20-22H2,1-4H3;5-17,23,30-31,40-41H,18-22H2,1-4H3;4-16,22,28-29,38-39H,17-21H2,1-3H3,(H,41,42)/t29-,30+;30-,31+;28-,29-/m111/s1. The molecule has 3 heterocycles. The van der Waals surface area contributed by atoms with Gasteiger partial charge in [-0.1, -0.05) is 223 Å². The monoisotopic (exact) mass is 1710 g/mol. The molecule has 0 bridgehead atoms. The van der Waals surface area contributed by atoms with Crippen molar-refractivity contribution in [1.29, 1.82) is 0 Å². The lowest BCUT2D eigenvalue weighted by atomic mass is 9.90. The van der Waals surface area contributed by atoms with Gasteiger partial charge in [0.2, 0.25) is 0 Å². The first kappa shape index (κ1) is 96.4. The molecule has 0 saturated heterocycles. The third-order valence-electron chi connectivity index (χ3n) is 22.6. The average molecular weight is 1710 g/mol. The van der Waals surface area contributed by atoms with E-state index in [2.05, 4.69) is 9.13 Å². The summed E-state index contributed by atoms with van der Waals surface area (Å²) in [5.41, 5.74) is 19.6. The molecule has 3 aromatic heterocycles. The van der Waals surface area contributed by atoms with Crippen LogP contribution in [0, 0.1) is 38.2 Å². The van der Waals surface area contributed by atoms with Gasteiger partial charge in [0.25, 0.3) is 0 Å². The van der Waals surface area contributed by atoms with Gasteiger partial charge >= 0.3 is 5.97 Å². The van der Waals surface area contributed by atoms with Crippen LogP contribution >= 0.6 is 0 Å². The van der Waals surface area contributed by atoms with E-state index in [-0.39, 0.29) is 122 Å². The average Bonchev–Trinajstić information content (AvgIpc) is 1.60. The number of carbonyl (C=O) groups excluding carboxylic acids is 5. The number of aliphatic hydroxyl groups excluding tert-OH is 6. The molecule has 16 nitrogen and oxygen atoms in total. The van der Waals surface area contributed by atoms with Crippen LogP contribution < -0.4 is 0 Å². The molecule has 6 atom stereocenters. The predicted octanol–water partition coefficient (Wildman–Crippen LogP) is 21.4. The number of carboxylic acid groups (broad SMARTS) is 1. The summed E-state index contributed by atoms with van der Waals surface area (Å²) < 4.78 is 48.6. The number of nitrogens with zero attached hydrogens (tertiary/aromatic N) is 3. The van der Waals surface area contributed by atoms with Crippen molar-refractivity contribution in [2.24, 2.45) is 0 Å². The number of hydrogen-bond acceptors (Lipinski definition) is 12. The van der Waals surface area contributed by atoms with Crippen LogP contribution in [0.2, 0.25) is 0 Å². The summed E-state index contributed by atoms with van der Waals surface area (Å²) in [6, 6.07) is 71.8. The molecule has 0 fully saturated rings. The van der Waals surface area contributed by atoms with Crippen molar-refractivity contribution in [3.8, 4) is 67.2 Å². The topological polar surface area (TPSA) is 259 Å². The Bertz CT molecular complexity index is 5640. The number of aryl methyl sites for hydroxylation is 3. The quantitative estimate of drug-likeness (QED) is 0.0177. The van der Waals surface area contributed by atoms with Gasteiger partial charge in [0.05, 0.1) is 60.1 Å². The van der Waals surface area contributed by atoms with Gasteiger partial charge < -0.3 is 49.4 Å². The molecule has 0 radical (unpaired) electrons. The van der Waals surface area contributed by atoms with E-state index in [1.54, 1.807) is 30.3 Å². The lowest BCUT2D eigenvalue weighted by Gasteiger charge is -2.21. The molecule has 12 rings (SSSR count). The number of hydrogen-bond donors (Lipinski definition) is 7. The molecule has 0 aliphatic rings. The molecular formula is C107H118F3N3O13. The van der Waals surface area contributed by atoms with Gasteiger partial charge in [-0.2, -0.15) is 0 Å². The van der Waals surface area contributed by atoms with Crippen molar-refractivity contribution >= 4 is 34.9 Å². The summed E-state index contributed by atoms with van der Waals surface area (Å²) >= 11 is 0. The number of benzene rings is 9. The minimum Gasteiger partial charge on any atom is -0.481 e. The van der Waals surface area contributed by atoms with Gasteiger partial charge in [-0.05, 0) is 208 Å². The minimum absolute atomic E-state index is 0.00549. The van der Waals surface area contributed by atoms with Crippen LogP contribution in [0.25, 0.3) is 67.2 Å². The molecule has 660 valence electrons. The number of aliphatic carboxylic acids is 1. The van der Waals surface area contributed by atoms with Crippen LogP contribution in [0.3, 0.4) is 0 Å². The van der Waals surface area contributed by atoms with Crippen LogP contribution in [0.15, 0.2) is 237 Å². The number of ketones is 5. The van der Waals surface area contributed by atoms with Gasteiger partial charge in [0.15, 0.2) is 17.3 Å². The van der Waals surface area contributed by atoms with Crippen LogP contribution in [-0.2, 0) is 53.3 Å². The zero-order valence-corrected chi connectivity index (χ0v) is 73.9. The maximum atomic E-state index is 14.3. The van der Waals surface area contributed by atoms with E-state index in [9.17, 15) is 72.6 Å². The Morgan fingerprint density at radius 1 is 0.325 bits per heavy atom. The van der Waals surface area contributed by atoms with Crippen molar-refractivity contribution in [3.05, 3.63) is 321 Å². The number of carboxylic acids is 1. The molecule has 19 heteroatoms. The lowest BCUT2D eigenvalue weighted by molar-refractivity contribution is -0.139. The van der Waals surface area contributed by atoms with Crippen molar-refractivity contribution in [2.45, 2.75) is 227 Å². The third kappa shape index (κ3) is 25.7. The van der Waals surface area contributed by atoms with Gasteiger partial charge in [-0.15, -0.1) is 0 Å². The fourth-order valence-corrected chi connectivity index (χ4v) is 17.0. The molecule has 7 N–H and O–H groups in total. The van der Waals surface area contributed by atoms with Crippen molar-refractivity contribution in [3.63, 3.8) is 0 Å². The largest absolute Gasteiger partial charge is 0.481 e. The maximum Gasteiger partial charge on any atom is 0.305 e. The van der Waals surface area contributed by atoms with Gasteiger partial charge in [0, 0.05) is 108 Å². The number of rotatable bonds is 39. The van der Waals surface area contributed by atoms with E-state index >= 15 is 0 Å². The van der Waals surface area contributed by atoms with Crippen LogP contribution in [0.1, 0.15) is 212 Å². The molecule has 0 aliphatic heterocycles. The highest BCUT2D eigenvalue weighted by atomic mass is 19.1. The van der Waals surface area contributed by atoms with Gasteiger partial charge in [-0.3, -0.25) is 28.8 Å². The number of aliphatic hydroxyl groups is 6. The van der Waals surface area contributed by atoms with E-state index < -0.39 is 49.0 Å². The maximum absolute atomic E-state index is 14.3. The number of aromatic nitrogens is 3. The van der Waals surface area contributed by atoms with E-state index in [1.165, 1.54) is 50.2 Å². The summed E-state index contributed by atoms with van der Waals surface area (Å²) in [6.07, 6.45) is -4.59. The zero-order valence-electron chi connectivity index (χ0n) is 73.9. The van der Waals surface area contributed by atoms with Crippen molar-refractivity contribution in [2.75, 3.05) is 0 Å². The molecule has 0 saturated carbocycles. The summed E-state index contributed by atoms with van der Waals surface area (Å²) in [5.74, 6) is -2.70. The Morgan fingerprint density at radius 3 is 0.937 bits per heavy atom. The zero-order chi connectivity index (χ0) is 91.2. The Morgan fingerprint density at radius 2 is 0.611 bits per heavy atom. The van der Waals surface area contributed by atoms with E-state index in [0.717, 1.165) is 118 Å². The second kappa shape index (κ2) is 45.4. The number of Topliss-reactive ketones (excluding diaryl/α,β-unsaturated/α-hetero) is 5. The Hall–Kier alpha value is -11.8. The van der Waals surface area contributed by atoms with Gasteiger partial charge in [-0.25, -0.2) is 13.2 Å². The smallest absolute Gasteiger partial charge is 0.305 e. The van der Waals surface area contributed by atoms with Gasteiger partial charge in [0.1, 0.15) is 29.0 Å². The summed E-state index contributed by atoms with van der Waals surface area (Å²) in [7, 11) is 0. The van der Waals surface area contributed by atoms with E-state index in [0.29, 0.717) is 49.2 Å². The SMILES string of the molecule is CC(=O)C[C@H](O)C[C@H](O)CCn1c(-c2ccc(F)cc2)c(-c2ccccc2)c(C(=O)Cc2ccc(C)cc2)c1C(C)C.CC(=O)C[C@H](O)C[C@H](O)CCn1c(-c2ccc(F)cc2C)c(-c2ccccc2)c(C(=O)Cc2ccccc2)c1C(C)C.Cc1ccc(-c2c(C(=O)Cc3ccccc3)c(C(C)C)n(CC[C@@H](O)C[C@@H](O)CC(=O)O)c2-c2ccc(F)cc2)cc1. The molecule has 0 amide bonds.